The van der Waals surface area contributed by atoms with Crippen molar-refractivity contribution in [3.05, 3.63) is 38.9 Å². The molecule has 0 aromatic carbocycles. The Morgan fingerprint density at radius 2 is 2.00 bits per heavy atom. The standard InChI is InChI=1S/C16H16F3N5OS.ClH/c1-8-13(16(17,18)19)23-15(26-8)10-7-21-24-11(6-12(25)22-14(10)24)9-2-4-20-5-3-9;/h6-7,9,20H,2-5H2,1H3,(H,22,25);1H. The van der Waals surface area contributed by atoms with Crippen molar-refractivity contribution < 1.29 is 13.2 Å². The number of aryl methyl sites for hydroxylation is 1. The summed E-state index contributed by atoms with van der Waals surface area (Å²) in [7, 11) is 0. The number of alkyl halides is 3. The molecule has 0 atom stereocenters. The maximum absolute atomic E-state index is 13.0. The Bertz CT molecular complexity index is 1020. The molecule has 3 aromatic rings. The molecule has 0 amide bonds. The van der Waals surface area contributed by atoms with E-state index < -0.39 is 11.9 Å². The Morgan fingerprint density at radius 1 is 1.30 bits per heavy atom. The second-order valence-corrected chi connectivity index (χ2v) is 7.53. The van der Waals surface area contributed by atoms with Crippen LogP contribution in [-0.4, -0.2) is 32.7 Å². The molecule has 0 bridgehead atoms. The number of halogens is 4. The monoisotopic (exact) mass is 419 g/mol. The van der Waals surface area contributed by atoms with Gasteiger partial charge >= 0.3 is 6.18 Å². The third kappa shape index (κ3) is 3.61. The van der Waals surface area contributed by atoms with Crippen molar-refractivity contribution in [1.82, 2.24) is 24.9 Å². The van der Waals surface area contributed by atoms with Crippen LogP contribution in [0.25, 0.3) is 16.2 Å². The van der Waals surface area contributed by atoms with Gasteiger partial charge in [-0.15, -0.1) is 23.7 Å². The van der Waals surface area contributed by atoms with Crippen molar-refractivity contribution in [2.45, 2.75) is 31.9 Å². The summed E-state index contributed by atoms with van der Waals surface area (Å²) >= 11 is 0.945. The van der Waals surface area contributed by atoms with Crippen LogP contribution in [0.3, 0.4) is 0 Å². The van der Waals surface area contributed by atoms with E-state index >= 15 is 0 Å². The zero-order valence-electron chi connectivity index (χ0n) is 14.3. The zero-order chi connectivity index (χ0) is 18.5. The quantitative estimate of drug-likeness (QED) is 0.668. The highest BCUT2D eigenvalue weighted by molar-refractivity contribution is 7.15. The van der Waals surface area contributed by atoms with Crippen molar-refractivity contribution in [2.24, 2.45) is 0 Å². The van der Waals surface area contributed by atoms with Gasteiger partial charge in [-0.25, -0.2) is 9.50 Å². The molecular weight excluding hydrogens is 403 g/mol. The molecule has 1 aliphatic rings. The summed E-state index contributed by atoms with van der Waals surface area (Å²) in [6.07, 6.45) is -1.28. The van der Waals surface area contributed by atoms with Crippen LogP contribution >= 0.6 is 23.7 Å². The van der Waals surface area contributed by atoms with E-state index in [4.69, 9.17) is 0 Å². The highest BCUT2D eigenvalue weighted by Gasteiger charge is 2.36. The lowest BCUT2D eigenvalue weighted by Crippen LogP contribution is -2.28. The van der Waals surface area contributed by atoms with Crippen molar-refractivity contribution in [1.29, 1.82) is 0 Å². The van der Waals surface area contributed by atoms with Crippen LogP contribution in [0.1, 0.15) is 35.0 Å². The van der Waals surface area contributed by atoms with Gasteiger partial charge in [-0.05, 0) is 32.9 Å². The molecule has 27 heavy (non-hydrogen) atoms. The van der Waals surface area contributed by atoms with E-state index in [0.717, 1.165) is 43.0 Å². The maximum Gasteiger partial charge on any atom is 0.434 e. The number of aromatic nitrogens is 4. The van der Waals surface area contributed by atoms with E-state index in [0.29, 0.717) is 11.2 Å². The number of rotatable bonds is 2. The molecule has 146 valence electrons. The second-order valence-electron chi connectivity index (χ2n) is 6.32. The highest BCUT2D eigenvalue weighted by Crippen LogP contribution is 2.38. The molecule has 4 rings (SSSR count). The summed E-state index contributed by atoms with van der Waals surface area (Å²) in [5.74, 6) is 0.178. The minimum absolute atomic E-state index is 0. The number of thiazole rings is 1. The van der Waals surface area contributed by atoms with E-state index in [9.17, 15) is 18.0 Å². The fourth-order valence-electron chi connectivity index (χ4n) is 3.35. The van der Waals surface area contributed by atoms with Crippen molar-refractivity contribution in [2.75, 3.05) is 13.1 Å². The van der Waals surface area contributed by atoms with Crippen LogP contribution in [-0.2, 0) is 6.18 Å². The average Bonchev–Trinajstić information content (AvgIpc) is 3.18. The fraction of sp³-hybridized carbons (Fsp3) is 0.438. The number of aromatic amines is 1. The fourth-order valence-corrected chi connectivity index (χ4v) is 4.30. The number of H-pyrrole nitrogens is 1. The minimum atomic E-state index is -4.50. The summed E-state index contributed by atoms with van der Waals surface area (Å²) in [6, 6.07) is 1.52. The van der Waals surface area contributed by atoms with Gasteiger partial charge in [0.05, 0.1) is 17.5 Å². The highest BCUT2D eigenvalue weighted by atomic mass is 35.5. The lowest BCUT2D eigenvalue weighted by molar-refractivity contribution is -0.141. The van der Waals surface area contributed by atoms with Gasteiger partial charge in [0.2, 0.25) is 0 Å². The molecule has 6 nitrogen and oxygen atoms in total. The SMILES string of the molecule is Cc1sc(-c2cnn3c(C4CCNCC4)cc(=O)[nH]c23)nc1C(F)(F)F.Cl. The van der Waals surface area contributed by atoms with Gasteiger partial charge in [0.1, 0.15) is 10.7 Å². The summed E-state index contributed by atoms with van der Waals surface area (Å²) < 4.78 is 40.8. The summed E-state index contributed by atoms with van der Waals surface area (Å²) in [4.78, 5) is 18.7. The number of hydrogen-bond acceptors (Lipinski definition) is 5. The van der Waals surface area contributed by atoms with Gasteiger partial charge in [-0.3, -0.25) is 4.79 Å². The van der Waals surface area contributed by atoms with Gasteiger partial charge in [0.25, 0.3) is 5.56 Å². The van der Waals surface area contributed by atoms with Gasteiger partial charge < -0.3 is 10.3 Å². The number of fused-ring (bicyclic) bond motifs is 1. The molecule has 1 aliphatic heterocycles. The van der Waals surface area contributed by atoms with Crippen LogP contribution in [0.15, 0.2) is 17.1 Å². The lowest BCUT2D eigenvalue weighted by atomic mass is 9.94. The normalized spacial score (nSPS) is 15.9. The van der Waals surface area contributed by atoms with Crippen LogP contribution in [0.2, 0.25) is 0 Å². The van der Waals surface area contributed by atoms with Crippen LogP contribution in [0, 0.1) is 6.92 Å². The molecule has 0 radical (unpaired) electrons. The molecule has 4 heterocycles. The van der Waals surface area contributed by atoms with E-state index in [-0.39, 0.29) is 33.8 Å². The molecule has 0 unspecified atom stereocenters. The van der Waals surface area contributed by atoms with E-state index in [1.54, 1.807) is 4.52 Å². The molecule has 0 aliphatic carbocycles. The first-order valence-corrected chi connectivity index (χ1v) is 9.03. The first-order chi connectivity index (χ1) is 12.3. The smallest absolute Gasteiger partial charge is 0.317 e. The lowest BCUT2D eigenvalue weighted by Gasteiger charge is -2.23. The first kappa shape index (κ1) is 19.8. The Morgan fingerprint density at radius 3 is 2.63 bits per heavy atom. The molecule has 0 spiro atoms. The molecule has 1 fully saturated rings. The van der Waals surface area contributed by atoms with Gasteiger partial charge in [-0.2, -0.15) is 18.3 Å². The minimum Gasteiger partial charge on any atom is -0.317 e. The van der Waals surface area contributed by atoms with E-state index in [1.807, 2.05) is 0 Å². The van der Waals surface area contributed by atoms with Crippen molar-refractivity contribution >= 4 is 29.4 Å². The molecular formula is C16H17ClF3N5OS. The van der Waals surface area contributed by atoms with Crippen molar-refractivity contribution in [3.8, 4) is 10.6 Å². The van der Waals surface area contributed by atoms with Gasteiger partial charge in [0.15, 0.2) is 5.69 Å². The molecule has 11 heteroatoms. The van der Waals surface area contributed by atoms with Gasteiger partial charge in [0, 0.05) is 16.9 Å². The summed E-state index contributed by atoms with van der Waals surface area (Å²) in [6.45, 7) is 3.10. The molecule has 2 N–H and O–H groups in total. The van der Waals surface area contributed by atoms with Crippen LogP contribution < -0.4 is 10.9 Å². The number of piperidine rings is 1. The average molecular weight is 420 g/mol. The second kappa shape index (κ2) is 7.25. The predicted molar refractivity (Wildman–Crippen MR) is 98.8 cm³/mol. The zero-order valence-corrected chi connectivity index (χ0v) is 15.9. The summed E-state index contributed by atoms with van der Waals surface area (Å²) in [5.41, 5.74) is 0.377. The molecule has 1 saturated heterocycles. The predicted octanol–water partition coefficient (Wildman–Crippen LogP) is 3.36. The molecule has 3 aromatic heterocycles. The maximum atomic E-state index is 13.0. The third-order valence-electron chi connectivity index (χ3n) is 4.59. The Balaban J connectivity index is 0.00000210. The van der Waals surface area contributed by atoms with Crippen molar-refractivity contribution in [3.63, 3.8) is 0 Å². The molecule has 0 saturated carbocycles. The van der Waals surface area contributed by atoms with Crippen LogP contribution in [0.5, 0.6) is 0 Å². The van der Waals surface area contributed by atoms with Gasteiger partial charge in [-0.1, -0.05) is 0 Å². The van der Waals surface area contributed by atoms with Crippen LogP contribution in [0.4, 0.5) is 13.2 Å². The number of nitrogens with one attached hydrogen (secondary N) is 2. The topological polar surface area (TPSA) is 75.1 Å². The Hall–Kier alpha value is -1.91. The number of hydrogen-bond donors (Lipinski definition) is 2. The largest absolute Gasteiger partial charge is 0.434 e. The van der Waals surface area contributed by atoms with E-state index in [2.05, 4.69) is 20.4 Å². The Labute approximate surface area is 162 Å². The number of nitrogens with zero attached hydrogens (tertiary/aromatic N) is 3. The summed E-state index contributed by atoms with van der Waals surface area (Å²) in [5, 5.41) is 7.79. The first-order valence-electron chi connectivity index (χ1n) is 8.21. The third-order valence-corrected chi connectivity index (χ3v) is 5.59. The van der Waals surface area contributed by atoms with E-state index in [1.165, 1.54) is 19.2 Å². The Kier molecular flexibility index (Phi) is 5.33.